The molecule has 3 aromatic rings. The van der Waals surface area contributed by atoms with E-state index in [1.54, 1.807) is 0 Å². The summed E-state index contributed by atoms with van der Waals surface area (Å²) in [4.78, 5) is 0. The van der Waals surface area contributed by atoms with Gasteiger partial charge in [0.05, 0.1) is 25.9 Å². The molecule has 3 aromatic carbocycles. The van der Waals surface area contributed by atoms with Crippen molar-refractivity contribution in [1.82, 2.24) is 0 Å². The first kappa shape index (κ1) is 38.3. The van der Waals surface area contributed by atoms with Crippen molar-refractivity contribution < 1.29 is 23.7 Å². The van der Waals surface area contributed by atoms with Gasteiger partial charge in [0.15, 0.2) is 6.29 Å². The van der Waals surface area contributed by atoms with Crippen molar-refractivity contribution >= 4 is 0 Å². The zero-order valence-electron chi connectivity index (χ0n) is 29.8. The number of unbranched alkanes of at least 4 members (excludes halogenated alkanes) is 13. The second kappa shape index (κ2) is 23.8. The minimum absolute atomic E-state index is 0.229. The van der Waals surface area contributed by atoms with Crippen LogP contribution in [0.1, 0.15) is 120 Å². The van der Waals surface area contributed by atoms with Crippen molar-refractivity contribution in [2.75, 3.05) is 6.61 Å². The first-order valence-corrected chi connectivity index (χ1v) is 19.0. The summed E-state index contributed by atoms with van der Waals surface area (Å²) >= 11 is 0. The predicted molar refractivity (Wildman–Crippen MR) is 196 cm³/mol. The van der Waals surface area contributed by atoms with Crippen LogP contribution in [-0.2, 0) is 43.5 Å². The Morgan fingerprint density at radius 2 is 0.812 bits per heavy atom. The normalized spacial score (nSPS) is 21.0. The van der Waals surface area contributed by atoms with Gasteiger partial charge in [-0.05, 0) is 30.0 Å². The molecule has 0 N–H and O–H groups in total. The van der Waals surface area contributed by atoms with Gasteiger partial charge in [-0.15, -0.1) is 0 Å². The number of rotatable bonds is 25. The molecule has 264 valence electrons. The minimum Gasteiger partial charge on any atom is -0.368 e. The number of benzene rings is 3. The highest BCUT2D eigenvalue weighted by Crippen LogP contribution is 2.31. The van der Waals surface area contributed by atoms with E-state index >= 15 is 0 Å². The van der Waals surface area contributed by atoms with Crippen molar-refractivity contribution in [3.63, 3.8) is 0 Å². The molecule has 0 radical (unpaired) electrons. The van der Waals surface area contributed by atoms with Crippen molar-refractivity contribution in [2.45, 2.75) is 154 Å². The topological polar surface area (TPSA) is 46.2 Å². The molecule has 5 heteroatoms. The fraction of sp³-hybridized carbons (Fsp3) is 0.581. The van der Waals surface area contributed by atoms with Crippen molar-refractivity contribution in [1.29, 1.82) is 0 Å². The van der Waals surface area contributed by atoms with Crippen LogP contribution in [0.4, 0.5) is 0 Å². The molecule has 0 aliphatic carbocycles. The average Bonchev–Trinajstić information content (AvgIpc) is 3.12. The summed E-state index contributed by atoms with van der Waals surface area (Å²) in [6, 6.07) is 30.8. The van der Waals surface area contributed by atoms with Gasteiger partial charge in [-0.2, -0.15) is 0 Å². The Morgan fingerprint density at radius 3 is 1.25 bits per heavy atom. The van der Waals surface area contributed by atoms with Crippen LogP contribution in [0.25, 0.3) is 0 Å². The Kier molecular flexibility index (Phi) is 18.9. The molecule has 0 spiro atoms. The Hall–Kier alpha value is -2.54. The maximum Gasteiger partial charge on any atom is 0.186 e. The van der Waals surface area contributed by atoms with Gasteiger partial charge in [0.2, 0.25) is 0 Å². The molecule has 0 aromatic heterocycles. The van der Waals surface area contributed by atoms with E-state index in [9.17, 15) is 0 Å². The van der Waals surface area contributed by atoms with E-state index in [1.165, 1.54) is 83.5 Å². The first-order chi connectivity index (χ1) is 23.7. The highest BCUT2D eigenvalue weighted by atomic mass is 16.7. The van der Waals surface area contributed by atoms with Crippen LogP contribution in [0.3, 0.4) is 0 Å². The van der Waals surface area contributed by atoms with Crippen LogP contribution in [-0.4, -0.2) is 37.3 Å². The minimum atomic E-state index is -0.539. The van der Waals surface area contributed by atoms with Crippen molar-refractivity contribution in [3.8, 4) is 0 Å². The molecule has 1 saturated heterocycles. The summed E-state index contributed by atoms with van der Waals surface area (Å²) in [5.41, 5.74) is 3.33. The lowest BCUT2D eigenvalue weighted by atomic mass is 9.98. The van der Waals surface area contributed by atoms with Gasteiger partial charge in [-0.3, -0.25) is 0 Å². The highest BCUT2D eigenvalue weighted by molar-refractivity contribution is 5.15. The lowest BCUT2D eigenvalue weighted by molar-refractivity contribution is -0.320. The number of ether oxygens (including phenoxy) is 5. The molecule has 1 unspecified atom stereocenters. The van der Waals surface area contributed by atoms with Crippen molar-refractivity contribution in [3.05, 3.63) is 108 Å². The Morgan fingerprint density at radius 1 is 0.438 bits per heavy atom. The van der Waals surface area contributed by atoms with E-state index in [1.807, 2.05) is 54.6 Å². The lowest BCUT2D eigenvalue weighted by Gasteiger charge is -2.45. The van der Waals surface area contributed by atoms with E-state index in [0.717, 1.165) is 23.1 Å². The third-order valence-corrected chi connectivity index (χ3v) is 9.36. The zero-order valence-corrected chi connectivity index (χ0v) is 29.8. The summed E-state index contributed by atoms with van der Waals surface area (Å²) in [6.45, 7) is 6.36. The van der Waals surface area contributed by atoms with Crippen LogP contribution in [0.15, 0.2) is 91.0 Å². The van der Waals surface area contributed by atoms with Gasteiger partial charge in [0.25, 0.3) is 0 Å². The molecule has 4 rings (SSSR count). The van der Waals surface area contributed by atoms with Crippen LogP contribution in [0.5, 0.6) is 0 Å². The molecule has 1 heterocycles. The smallest absolute Gasteiger partial charge is 0.186 e. The van der Waals surface area contributed by atoms with E-state index in [-0.39, 0.29) is 18.3 Å². The average molecular weight is 659 g/mol. The molecule has 0 amide bonds. The maximum atomic E-state index is 6.69. The molecule has 1 aliphatic heterocycles. The van der Waals surface area contributed by atoms with Crippen LogP contribution in [0.2, 0.25) is 0 Å². The monoisotopic (exact) mass is 658 g/mol. The van der Waals surface area contributed by atoms with E-state index < -0.39 is 12.4 Å². The fourth-order valence-electron chi connectivity index (χ4n) is 6.50. The Bertz CT molecular complexity index is 1170. The van der Waals surface area contributed by atoms with Crippen LogP contribution in [0, 0.1) is 0 Å². The third-order valence-electron chi connectivity index (χ3n) is 9.36. The Balaban J connectivity index is 1.28. The lowest BCUT2D eigenvalue weighted by Crippen LogP contribution is -2.60. The Labute approximate surface area is 291 Å². The molecule has 1 fully saturated rings. The molecule has 1 aliphatic rings. The van der Waals surface area contributed by atoms with Gasteiger partial charge in [-0.1, -0.05) is 181 Å². The number of hydrogen-bond donors (Lipinski definition) is 0. The third kappa shape index (κ3) is 14.5. The quantitative estimate of drug-likeness (QED) is 0.0848. The van der Waals surface area contributed by atoms with E-state index in [2.05, 4.69) is 50.2 Å². The highest BCUT2D eigenvalue weighted by Gasteiger charge is 2.47. The summed E-state index contributed by atoms with van der Waals surface area (Å²) in [6.07, 6.45) is 16.8. The zero-order chi connectivity index (χ0) is 33.5. The number of hydrogen-bond acceptors (Lipinski definition) is 5. The predicted octanol–water partition coefficient (Wildman–Crippen LogP) is 11.0. The molecule has 5 nitrogen and oxygen atoms in total. The second-order valence-electron chi connectivity index (χ2n) is 13.5. The van der Waals surface area contributed by atoms with Gasteiger partial charge in [0, 0.05) is 6.61 Å². The SMILES string of the molecule is CCCCCCCCCCCCCCCCOC1O[C@H](C)[C@H](OCc2ccccc2)[C@H](OCc2ccccc2)[C@H]1OCc1ccccc1. The fourth-order valence-corrected chi connectivity index (χ4v) is 6.50. The summed E-state index contributed by atoms with van der Waals surface area (Å²) in [5.74, 6) is 0. The largest absolute Gasteiger partial charge is 0.368 e. The molecular formula is C43H62O5. The van der Waals surface area contributed by atoms with E-state index in [0.29, 0.717) is 26.4 Å². The standard InChI is InChI=1S/C43H62O5/c1-3-4-5-6-7-8-9-10-11-12-13-14-15-25-32-44-43-42(47-35-39-30-23-18-24-31-39)41(46-34-38-28-21-17-22-29-38)40(36(2)48-43)45-33-37-26-19-16-20-27-37/h16-24,26-31,36,40-43H,3-15,25,32-35H2,1-2H3/t36-,40+,41+,42-,43?/m1/s1. The summed E-state index contributed by atoms with van der Waals surface area (Å²) in [5, 5.41) is 0. The molecule has 48 heavy (non-hydrogen) atoms. The summed E-state index contributed by atoms with van der Waals surface area (Å²) < 4.78 is 32.9. The molecule has 5 atom stereocenters. The summed E-state index contributed by atoms with van der Waals surface area (Å²) in [7, 11) is 0. The molecule has 0 bridgehead atoms. The van der Waals surface area contributed by atoms with E-state index in [4.69, 9.17) is 23.7 Å². The van der Waals surface area contributed by atoms with Gasteiger partial charge < -0.3 is 23.7 Å². The molecular weight excluding hydrogens is 596 g/mol. The van der Waals surface area contributed by atoms with Gasteiger partial charge >= 0.3 is 0 Å². The second-order valence-corrected chi connectivity index (χ2v) is 13.5. The first-order valence-electron chi connectivity index (χ1n) is 19.0. The van der Waals surface area contributed by atoms with Crippen molar-refractivity contribution in [2.24, 2.45) is 0 Å². The van der Waals surface area contributed by atoms with Gasteiger partial charge in [0.1, 0.15) is 18.3 Å². The molecule has 0 saturated carbocycles. The maximum absolute atomic E-state index is 6.69. The van der Waals surface area contributed by atoms with Crippen LogP contribution < -0.4 is 0 Å². The van der Waals surface area contributed by atoms with Crippen LogP contribution >= 0.6 is 0 Å². The van der Waals surface area contributed by atoms with Gasteiger partial charge in [-0.25, -0.2) is 0 Å².